The van der Waals surface area contributed by atoms with Crippen LogP contribution in [0.3, 0.4) is 0 Å². The number of rotatable bonds is 3. The molecule has 0 saturated heterocycles. The van der Waals surface area contributed by atoms with Crippen LogP contribution in [-0.2, 0) is 0 Å². The van der Waals surface area contributed by atoms with Gasteiger partial charge in [-0.25, -0.2) is 4.39 Å². The van der Waals surface area contributed by atoms with Gasteiger partial charge in [-0.05, 0) is 48.5 Å². The van der Waals surface area contributed by atoms with Crippen molar-refractivity contribution in [3.63, 3.8) is 0 Å². The van der Waals surface area contributed by atoms with Gasteiger partial charge in [-0.2, -0.15) is 9.78 Å². The average Bonchev–Trinajstić information content (AvgIpc) is 2.55. The Morgan fingerprint density at radius 3 is 2.32 bits per heavy atom. The zero-order valence-electron chi connectivity index (χ0n) is 12.5. The summed E-state index contributed by atoms with van der Waals surface area (Å²) in [5.74, 6) is -0.889. The molecule has 0 amide bonds. The molecule has 0 unspecified atom stereocenters. The van der Waals surface area contributed by atoms with Gasteiger partial charge >= 0.3 is 6.36 Å². The summed E-state index contributed by atoms with van der Waals surface area (Å²) in [6.07, 6.45) is -4.77. The first-order valence-electron chi connectivity index (χ1n) is 7.04. The van der Waals surface area contributed by atoms with Gasteiger partial charge in [0.15, 0.2) is 0 Å². The van der Waals surface area contributed by atoms with Crippen LogP contribution >= 0.6 is 0 Å². The molecular formula is C17H10F4N2O2. The Kier molecular flexibility index (Phi) is 4.26. The van der Waals surface area contributed by atoms with E-state index < -0.39 is 17.7 Å². The fourth-order valence-electron chi connectivity index (χ4n) is 2.19. The predicted octanol–water partition coefficient (Wildman–Crippen LogP) is 3.94. The van der Waals surface area contributed by atoms with E-state index in [1.54, 1.807) is 0 Å². The standard InChI is InChI=1S/C17H10F4N2O2/c18-12-2-1-3-13(10-12)23-16(24)9-8-15(22-23)11-4-6-14(7-5-11)25-17(19,20)21/h1-10H. The highest BCUT2D eigenvalue weighted by Crippen LogP contribution is 2.25. The molecule has 2 aromatic carbocycles. The van der Waals surface area contributed by atoms with Crippen LogP contribution in [0.4, 0.5) is 17.6 Å². The molecule has 0 radical (unpaired) electrons. The van der Waals surface area contributed by atoms with Gasteiger partial charge in [0.05, 0.1) is 11.4 Å². The molecule has 0 aliphatic rings. The van der Waals surface area contributed by atoms with Gasteiger partial charge in [0, 0.05) is 11.6 Å². The molecule has 0 fully saturated rings. The number of nitrogens with zero attached hydrogens (tertiary/aromatic N) is 2. The van der Waals surface area contributed by atoms with Crippen LogP contribution in [0, 0.1) is 5.82 Å². The maximum atomic E-state index is 13.3. The van der Waals surface area contributed by atoms with Crippen LogP contribution in [-0.4, -0.2) is 16.1 Å². The van der Waals surface area contributed by atoms with Crippen molar-refractivity contribution in [3.8, 4) is 22.7 Å². The molecule has 0 aliphatic carbocycles. The van der Waals surface area contributed by atoms with E-state index in [1.807, 2.05) is 0 Å². The molecule has 0 N–H and O–H groups in total. The predicted molar refractivity (Wildman–Crippen MR) is 81.9 cm³/mol. The molecule has 1 heterocycles. The lowest BCUT2D eigenvalue weighted by Gasteiger charge is -2.10. The summed E-state index contributed by atoms with van der Waals surface area (Å²) in [6, 6.07) is 13.1. The first-order chi connectivity index (χ1) is 11.8. The van der Waals surface area contributed by atoms with Crippen molar-refractivity contribution >= 4 is 0 Å². The summed E-state index contributed by atoms with van der Waals surface area (Å²) in [6.45, 7) is 0. The van der Waals surface area contributed by atoms with Crippen molar-refractivity contribution in [3.05, 3.63) is 76.8 Å². The van der Waals surface area contributed by atoms with E-state index in [0.717, 1.165) is 22.9 Å². The quantitative estimate of drug-likeness (QED) is 0.672. The highest BCUT2D eigenvalue weighted by atomic mass is 19.4. The van der Waals surface area contributed by atoms with Crippen molar-refractivity contribution in [2.24, 2.45) is 0 Å². The van der Waals surface area contributed by atoms with Crippen molar-refractivity contribution in [2.75, 3.05) is 0 Å². The third kappa shape index (κ3) is 4.03. The fourth-order valence-corrected chi connectivity index (χ4v) is 2.19. The molecule has 128 valence electrons. The topological polar surface area (TPSA) is 44.1 Å². The first-order valence-corrected chi connectivity index (χ1v) is 7.04. The van der Waals surface area contributed by atoms with Crippen molar-refractivity contribution in [1.29, 1.82) is 0 Å². The lowest BCUT2D eigenvalue weighted by Crippen LogP contribution is -2.20. The highest BCUT2D eigenvalue weighted by molar-refractivity contribution is 5.59. The van der Waals surface area contributed by atoms with E-state index in [1.165, 1.54) is 42.5 Å². The van der Waals surface area contributed by atoms with E-state index >= 15 is 0 Å². The summed E-state index contributed by atoms with van der Waals surface area (Å²) >= 11 is 0. The number of hydrogen-bond acceptors (Lipinski definition) is 3. The largest absolute Gasteiger partial charge is 0.573 e. The van der Waals surface area contributed by atoms with Gasteiger partial charge in [-0.1, -0.05) is 6.07 Å². The Bertz CT molecular complexity index is 950. The van der Waals surface area contributed by atoms with E-state index in [4.69, 9.17) is 0 Å². The van der Waals surface area contributed by atoms with Gasteiger partial charge in [0.25, 0.3) is 5.56 Å². The zero-order chi connectivity index (χ0) is 18.0. The number of aromatic nitrogens is 2. The second-order valence-corrected chi connectivity index (χ2v) is 5.02. The van der Waals surface area contributed by atoms with Gasteiger partial charge in [-0.3, -0.25) is 4.79 Å². The molecule has 25 heavy (non-hydrogen) atoms. The Morgan fingerprint density at radius 1 is 0.960 bits per heavy atom. The minimum Gasteiger partial charge on any atom is -0.406 e. The van der Waals surface area contributed by atoms with E-state index in [0.29, 0.717) is 11.3 Å². The SMILES string of the molecule is O=c1ccc(-c2ccc(OC(F)(F)F)cc2)nn1-c1cccc(F)c1. The van der Waals surface area contributed by atoms with Crippen LogP contribution in [0.25, 0.3) is 16.9 Å². The molecule has 3 rings (SSSR count). The van der Waals surface area contributed by atoms with Crippen LogP contribution in [0.1, 0.15) is 0 Å². The Morgan fingerprint density at radius 2 is 1.68 bits per heavy atom. The summed E-state index contributed by atoms with van der Waals surface area (Å²) in [4.78, 5) is 12.0. The molecule has 0 bridgehead atoms. The summed E-state index contributed by atoms with van der Waals surface area (Å²) in [7, 11) is 0. The number of hydrogen-bond donors (Lipinski definition) is 0. The van der Waals surface area contributed by atoms with E-state index in [2.05, 4.69) is 9.84 Å². The third-order valence-electron chi connectivity index (χ3n) is 3.24. The Labute approximate surface area is 138 Å². The third-order valence-corrected chi connectivity index (χ3v) is 3.24. The molecule has 8 heteroatoms. The molecule has 0 saturated carbocycles. The Hall–Kier alpha value is -3.16. The summed E-state index contributed by atoms with van der Waals surface area (Å²) in [5.41, 5.74) is 0.581. The summed E-state index contributed by atoms with van der Waals surface area (Å²) in [5, 5.41) is 4.13. The van der Waals surface area contributed by atoms with Gasteiger partial charge in [0.1, 0.15) is 11.6 Å². The van der Waals surface area contributed by atoms with Crippen LogP contribution in [0.5, 0.6) is 5.75 Å². The lowest BCUT2D eigenvalue weighted by molar-refractivity contribution is -0.274. The number of alkyl halides is 3. The minimum atomic E-state index is -4.77. The van der Waals surface area contributed by atoms with Gasteiger partial charge in [-0.15, -0.1) is 13.2 Å². The second-order valence-electron chi connectivity index (χ2n) is 5.02. The van der Waals surface area contributed by atoms with Crippen LogP contribution in [0.15, 0.2) is 65.5 Å². The highest BCUT2D eigenvalue weighted by Gasteiger charge is 2.30. The zero-order valence-corrected chi connectivity index (χ0v) is 12.5. The molecule has 3 aromatic rings. The van der Waals surface area contributed by atoms with Crippen LogP contribution < -0.4 is 10.3 Å². The molecule has 4 nitrogen and oxygen atoms in total. The first kappa shape index (κ1) is 16.7. The molecule has 0 aliphatic heterocycles. The lowest BCUT2D eigenvalue weighted by atomic mass is 10.1. The number of halogens is 4. The maximum Gasteiger partial charge on any atom is 0.573 e. The monoisotopic (exact) mass is 350 g/mol. The van der Waals surface area contributed by atoms with Gasteiger partial charge in [0.2, 0.25) is 0 Å². The van der Waals surface area contributed by atoms with Crippen LogP contribution in [0.2, 0.25) is 0 Å². The van der Waals surface area contributed by atoms with E-state index in [-0.39, 0.29) is 11.4 Å². The maximum absolute atomic E-state index is 13.3. The smallest absolute Gasteiger partial charge is 0.406 e. The van der Waals surface area contributed by atoms with Crippen molar-refractivity contribution in [1.82, 2.24) is 9.78 Å². The second kappa shape index (κ2) is 6.39. The number of benzene rings is 2. The fraction of sp³-hybridized carbons (Fsp3) is 0.0588. The molecule has 0 spiro atoms. The molecule has 1 aromatic heterocycles. The minimum absolute atomic E-state index is 0.240. The Balaban J connectivity index is 1.96. The van der Waals surface area contributed by atoms with Gasteiger partial charge < -0.3 is 4.74 Å². The van der Waals surface area contributed by atoms with E-state index in [9.17, 15) is 22.4 Å². The average molecular weight is 350 g/mol. The number of ether oxygens (including phenoxy) is 1. The van der Waals surface area contributed by atoms with Crippen molar-refractivity contribution < 1.29 is 22.3 Å². The molecular weight excluding hydrogens is 340 g/mol. The van der Waals surface area contributed by atoms with Crippen molar-refractivity contribution in [2.45, 2.75) is 6.36 Å². The summed E-state index contributed by atoms with van der Waals surface area (Å²) < 4.78 is 54.7. The normalized spacial score (nSPS) is 11.4. The molecule has 0 atom stereocenters.